The number of aromatic nitrogens is 2. The summed E-state index contributed by atoms with van der Waals surface area (Å²) in [6.45, 7) is 0.897. The predicted octanol–water partition coefficient (Wildman–Crippen LogP) is 2.14. The number of nitrogens with zero attached hydrogens (tertiary/aromatic N) is 3. The maximum absolute atomic E-state index is 13.5. The van der Waals surface area contributed by atoms with E-state index < -0.39 is 35.0 Å². The highest BCUT2D eigenvalue weighted by molar-refractivity contribution is 6.05. The van der Waals surface area contributed by atoms with Crippen LogP contribution in [-0.2, 0) is 4.79 Å². The smallest absolute Gasteiger partial charge is 0.352 e. The fourth-order valence-corrected chi connectivity index (χ4v) is 3.36. The molecule has 150 valence electrons. The fraction of sp³-hybridized carbons (Fsp3) is 0.438. The maximum Gasteiger partial charge on any atom is 0.408 e. The Bertz CT molecular complexity index is 942. The maximum atomic E-state index is 13.5. The van der Waals surface area contributed by atoms with Gasteiger partial charge in [0.05, 0.1) is 10.4 Å². The Morgan fingerprint density at radius 2 is 2.07 bits per heavy atom. The lowest BCUT2D eigenvalue weighted by molar-refractivity contribution is -0.384. The van der Waals surface area contributed by atoms with Crippen LogP contribution in [0.1, 0.15) is 30.3 Å². The molecule has 2 amide bonds. The number of halogens is 3. The Morgan fingerprint density at radius 3 is 2.68 bits per heavy atom. The number of rotatable bonds is 3. The van der Waals surface area contributed by atoms with Crippen LogP contribution in [-0.4, -0.2) is 56.6 Å². The summed E-state index contributed by atoms with van der Waals surface area (Å²) in [5, 5.41) is 19.8. The van der Waals surface area contributed by atoms with E-state index in [1.807, 2.05) is 0 Å². The lowest BCUT2D eigenvalue weighted by Crippen LogP contribution is -2.58. The van der Waals surface area contributed by atoms with Gasteiger partial charge in [0.15, 0.2) is 5.69 Å². The van der Waals surface area contributed by atoms with Crippen LogP contribution in [0.4, 0.5) is 18.9 Å². The molecule has 0 spiro atoms. The normalized spacial score (nSPS) is 20.2. The van der Waals surface area contributed by atoms with E-state index >= 15 is 0 Å². The summed E-state index contributed by atoms with van der Waals surface area (Å²) in [6, 6.07) is 0.953. The van der Waals surface area contributed by atoms with Crippen LogP contribution < -0.4 is 5.32 Å². The molecule has 28 heavy (non-hydrogen) atoms. The van der Waals surface area contributed by atoms with Crippen LogP contribution in [0.25, 0.3) is 10.9 Å². The summed E-state index contributed by atoms with van der Waals surface area (Å²) in [7, 11) is 0. The SMILES string of the molecule is CC(=O)N[C@H]1CC[C@H](C(F)(F)F)N(C(=O)c2n[nH]c3ccc([N+](=O)[O-])cc23)C1. The molecule has 2 atom stereocenters. The average molecular weight is 399 g/mol. The zero-order valence-electron chi connectivity index (χ0n) is 14.6. The van der Waals surface area contributed by atoms with Crippen LogP contribution in [0.5, 0.6) is 0 Å². The number of piperidine rings is 1. The number of nitrogens with one attached hydrogen (secondary N) is 2. The first-order chi connectivity index (χ1) is 13.1. The zero-order chi connectivity index (χ0) is 20.6. The molecule has 0 unspecified atom stereocenters. The molecule has 1 aromatic carbocycles. The fourth-order valence-electron chi connectivity index (χ4n) is 3.36. The molecular weight excluding hydrogens is 383 g/mol. The summed E-state index contributed by atoms with van der Waals surface area (Å²) >= 11 is 0. The van der Waals surface area contributed by atoms with Crippen molar-refractivity contribution in [2.24, 2.45) is 0 Å². The molecule has 0 radical (unpaired) electrons. The molecule has 1 aromatic heterocycles. The van der Waals surface area contributed by atoms with Gasteiger partial charge in [-0.1, -0.05) is 0 Å². The van der Waals surface area contributed by atoms with Crippen LogP contribution >= 0.6 is 0 Å². The van der Waals surface area contributed by atoms with Crippen molar-refractivity contribution in [3.05, 3.63) is 34.0 Å². The minimum atomic E-state index is -4.66. The van der Waals surface area contributed by atoms with Crippen LogP contribution in [0.15, 0.2) is 18.2 Å². The molecule has 0 saturated carbocycles. The van der Waals surface area contributed by atoms with Crippen molar-refractivity contribution in [1.82, 2.24) is 20.4 Å². The lowest BCUT2D eigenvalue weighted by Gasteiger charge is -2.40. The van der Waals surface area contributed by atoms with Crippen LogP contribution in [0, 0.1) is 10.1 Å². The molecule has 2 heterocycles. The van der Waals surface area contributed by atoms with Gasteiger partial charge in [-0.2, -0.15) is 18.3 Å². The molecule has 1 fully saturated rings. The number of alkyl halides is 3. The third-order valence-electron chi connectivity index (χ3n) is 4.59. The van der Waals surface area contributed by atoms with Crippen molar-refractivity contribution in [3.63, 3.8) is 0 Å². The Balaban J connectivity index is 1.99. The number of fused-ring (bicyclic) bond motifs is 1. The number of carbonyl (C=O) groups excluding carboxylic acids is 2. The van der Waals surface area contributed by atoms with E-state index in [0.717, 1.165) is 6.07 Å². The first-order valence-corrected chi connectivity index (χ1v) is 8.35. The van der Waals surface area contributed by atoms with Gasteiger partial charge in [0.25, 0.3) is 11.6 Å². The van der Waals surface area contributed by atoms with Crippen molar-refractivity contribution in [1.29, 1.82) is 0 Å². The highest BCUT2D eigenvalue weighted by Gasteiger charge is 2.48. The number of likely N-dealkylation sites (tertiary alicyclic amines) is 1. The Morgan fingerprint density at radius 1 is 1.36 bits per heavy atom. The van der Waals surface area contributed by atoms with E-state index in [2.05, 4.69) is 15.5 Å². The van der Waals surface area contributed by atoms with Crippen molar-refractivity contribution in [2.45, 2.75) is 38.0 Å². The molecule has 3 rings (SSSR count). The number of H-pyrrole nitrogens is 1. The van der Waals surface area contributed by atoms with Gasteiger partial charge in [-0.3, -0.25) is 24.8 Å². The Kier molecular flexibility index (Phi) is 4.96. The zero-order valence-corrected chi connectivity index (χ0v) is 14.6. The number of hydrogen-bond acceptors (Lipinski definition) is 5. The van der Waals surface area contributed by atoms with Gasteiger partial charge in [-0.05, 0) is 18.9 Å². The van der Waals surface area contributed by atoms with Gasteiger partial charge in [0.1, 0.15) is 6.04 Å². The largest absolute Gasteiger partial charge is 0.408 e. The summed E-state index contributed by atoms with van der Waals surface area (Å²) in [6.07, 6.45) is -4.96. The molecule has 2 N–H and O–H groups in total. The molecule has 12 heteroatoms. The summed E-state index contributed by atoms with van der Waals surface area (Å²) in [5.41, 5.74) is -0.366. The van der Waals surface area contributed by atoms with E-state index in [4.69, 9.17) is 0 Å². The number of carbonyl (C=O) groups is 2. The molecule has 1 aliphatic heterocycles. The van der Waals surface area contributed by atoms with Gasteiger partial charge < -0.3 is 10.2 Å². The first kappa shape index (κ1) is 19.6. The molecule has 2 aromatic rings. The summed E-state index contributed by atoms with van der Waals surface area (Å²) in [5.74, 6) is -1.42. The molecular formula is C16H16F3N5O4. The number of non-ortho nitro benzene ring substituents is 1. The third-order valence-corrected chi connectivity index (χ3v) is 4.59. The van der Waals surface area contributed by atoms with Gasteiger partial charge >= 0.3 is 6.18 Å². The molecule has 1 saturated heterocycles. The molecule has 0 aliphatic carbocycles. The van der Waals surface area contributed by atoms with E-state index in [1.165, 1.54) is 19.1 Å². The third kappa shape index (κ3) is 3.75. The van der Waals surface area contributed by atoms with Crippen molar-refractivity contribution in [2.75, 3.05) is 6.54 Å². The standard InChI is InChI=1S/C16H16F3N5O4/c1-8(25)20-9-2-5-13(16(17,18)19)23(7-9)15(26)14-11-6-10(24(27)28)3-4-12(11)21-22-14/h3-4,6,9,13H,2,5,7H2,1H3,(H,20,25)(H,21,22)/t9-,13+/m0/s1. The molecule has 9 nitrogen and oxygen atoms in total. The van der Waals surface area contributed by atoms with Gasteiger partial charge in [-0.25, -0.2) is 0 Å². The Labute approximate surface area is 156 Å². The van der Waals surface area contributed by atoms with E-state index in [9.17, 15) is 32.9 Å². The van der Waals surface area contributed by atoms with Gasteiger partial charge in [-0.15, -0.1) is 0 Å². The quantitative estimate of drug-likeness (QED) is 0.605. The minimum Gasteiger partial charge on any atom is -0.352 e. The Hall–Kier alpha value is -3.18. The lowest BCUT2D eigenvalue weighted by atomic mass is 9.96. The van der Waals surface area contributed by atoms with Gasteiger partial charge in [0.2, 0.25) is 5.91 Å². The van der Waals surface area contributed by atoms with Crippen LogP contribution in [0.3, 0.4) is 0 Å². The minimum absolute atomic E-state index is 0.0572. The topological polar surface area (TPSA) is 121 Å². The number of nitro benzene ring substituents is 1. The molecule has 1 aliphatic rings. The van der Waals surface area contributed by atoms with Crippen molar-refractivity contribution in [3.8, 4) is 0 Å². The van der Waals surface area contributed by atoms with Gasteiger partial charge in [0, 0.05) is 37.0 Å². The second kappa shape index (κ2) is 7.09. The number of aromatic amines is 1. The van der Waals surface area contributed by atoms with E-state index in [1.54, 1.807) is 0 Å². The number of benzene rings is 1. The monoisotopic (exact) mass is 399 g/mol. The highest BCUT2D eigenvalue weighted by Crippen LogP contribution is 2.34. The van der Waals surface area contributed by atoms with Crippen molar-refractivity contribution >= 4 is 28.4 Å². The summed E-state index contributed by atoms with van der Waals surface area (Å²) in [4.78, 5) is 35.1. The number of nitro groups is 1. The second-order valence-corrected chi connectivity index (χ2v) is 6.55. The average Bonchev–Trinajstić information content (AvgIpc) is 3.02. The van der Waals surface area contributed by atoms with Crippen LogP contribution in [0.2, 0.25) is 0 Å². The predicted molar refractivity (Wildman–Crippen MR) is 90.5 cm³/mol. The summed E-state index contributed by atoms with van der Waals surface area (Å²) < 4.78 is 40.4. The second-order valence-electron chi connectivity index (χ2n) is 6.55. The number of hydrogen-bond donors (Lipinski definition) is 2. The van der Waals surface area contributed by atoms with E-state index in [0.29, 0.717) is 4.90 Å². The van der Waals surface area contributed by atoms with Crippen molar-refractivity contribution < 1.29 is 27.7 Å². The van der Waals surface area contributed by atoms with E-state index in [-0.39, 0.29) is 41.7 Å². The highest BCUT2D eigenvalue weighted by atomic mass is 19.4. The number of amides is 2. The molecule has 0 bridgehead atoms. The first-order valence-electron chi connectivity index (χ1n) is 8.35.